The first-order valence-electron chi connectivity index (χ1n) is 6.81. The Morgan fingerprint density at radius 1 is 1.38 bits per heavy atom. The zero-order valence-electron chi connectivity index (χ0n) is 12.2. The van der Waals surface area contributed by atoms with Crippen molar-refractivity contribution in [1.29, 1.82) is 0 Å². The van der Waals surface area contributed by atoms with Gasteiger partial charge in [0.1, 0.15) is 0 Å². The summed E-state index contributed by atoms with van der Waals surface area (Å²) in [5.74, 6) is 0.00493. The van der Waals surface area contributed by atoms with Gasteiger partial charge in [0.2, 0.25) is 10.0 Å². The highest BCUT2D eigenvalue weighted by Gasteiger charge is 2.25. The summed E-state index contributed by atoms with van der Waals surface area (Å²) in [7, 11) is -0.428. The maximum absolute atomic E-state index is 12.5. The number of carbonyl (C=O) groups is 1. The number of nitrogens with zero attached hydrogens (tertiary/aromatic N) is 1. The predicted molar refractivity (Wildman–Crippen MR) is 78.6 cm³/mol. The lowest BCUT2D eigenvalue weighted by Crippen LogP contribution is -2.32. The molecule has 7 heteroatoms. The first kappa shape index (κ1) is 15.9. The lowest BCUT2D eigenvalue weighted by atomic mass is 10.1. The average Bonchev–Trinajstić information content (AvgIpc) is 2.99. The number of hydrogen-bond donors (Lipinski definition) is 1. The third-order valence-corrected chi connectivity index (χ3v) is 5.43. The zero-order valence-corrected chi connectivity index (χ0v) is 13.0. The molecule has 0 saturated carbocycles. The van der Waals surface area contributed by atoms with E-state index in [0.717, 1.165) is 6.42 Å². The number of benzene rings is 1. The third-order valence-electron chi connectivity index (χ3n) is 3.59. The standard InChI is InChI=1S/C14H20N2O4S/c1-15-14(17)12-3-5-13(6-4-12)21(18,19)16(2)9-11-7-8-20-10-11/h3-6,11H,7-10H2,1-2H3,(H,15,17). The molecule has 21 heavy (non-hydrogen) atoms. The van der Waals surface area contributed by atoms with Gasteiger partial charge < -0.3 is 10.1 Å². The van der Waals surface area contributed by atoms with E-state index in [0.29, 0.717) is 25.3 Å². The number of ether oxygens (including phenoxy) is 1. The second kappa shape index (κ2) is 6.55. The molecule has 6 nitrogen and oxygen atoms in total. The van der Waals surface area contributed by atoms with Crippen molar-refractivity contribution in [2.24, 2.45) is 5.92 Å². The van der Waals surface area contributed by atoms with Gasteiger partial charge in [0, 0.05) is 32.8 Å². The first-order chi connectivity index (χ1) is 9.95. The van der Waals surface area contributed by atoms with Crippen molar-refractivity contribution in [2.75, 3.05) is 33.9 Å². The van der Waals surface area contributed by atoms with E-state index in [1.54, 1.807) is 7.05 Å². The minimum absolute atomic E-state index is 0.191. The molecule has 0 radical (unpaired) electrons. The highest BCUT2D eigenvalue weighted by molar-refractivity contribution is 7.89. The Balaban J connectivity index is 2.12. The lowest BCUT2D eigenvalue weighted by molar-refractivity contribution is 0.0963. The second-order valence-electron chi connectivity index (χ2n) is 5.12. The molecule has 1 amide bonds. The van der Waals surface area contributed by atoms with E-state index >= 15 is 0 Å². The number of sulfonamides is 1. The van der Waals surface area contributed by atoms with Crippen LogP contribution in [-0.4, -0.2) is 52.5 Å². The van der Waals surface area contributed by atoms with E-state index in [9.17, 15) is 13.2 Å². The molecule has 1 atom stereocenters. The van der Waals surface area contributed by atoms with Crippen molar-refractivity contribution in [3.63, 3.8) is 0 Å². The Hall–Kier alpha value is -1.44. The summed E-state index contributed by atoms with van der Waals surface area (Å²) in [6.45, 7) is 1.74. The third kappa shape index (κ3) is 3.61. The summed E-state index contributed by atoms with van der Waals surface area (Å²) < 4.78 is 31.5. The molecule has 2 rings (SSSR count). The van der Waals surface area contributed by atoms with E-state index in [1.165, 1.54) is 35.6 Å². The molecular formula is C14H20N2O4S. The van der Waals surface area contributed by atoms with Crippen LogP contribution in [0.1, 0.15) is 16.8 Å². The molecule has 1 unspecified atom stereocenters. The smallest absolute Gasteiger partial charge is 0.251 e. The van der Waals surface area contributed by atoms with Crippen molar-refractivity contribution in [3.8, 4) is 0 Å². The fraction of sp³-hybridized carbons (Fsp3) is 0.500. The van der Waals surface area contributed by atoms with Gasteiger partial charge in [-0.15, -0.1) is 0 Å². The first-order valence-corrected chi connectivity index (χ1v) is 8.25. The molecule has 116 valence electrons. The Bertz CT molecular complexity index is 592. The van der Waals surface area contributed by atoms with E-state index in [-0.39, 0.29) is 16.7 Å². The van der Waals surface area contributed by atoms with E-state index < -0.39 is 10.0 Å². The minimum Gasteiger partial charge on any atom is -0.381 e. The molecule has 1 saturated heterocycles. The zero-order chi connectivity index (χ0) is 15.5. The quantitative estimate of drug-likeness (QED) is 0.868. The fourth-order valence-corrected chi connectivity index (χ4v) is 3.54. The molecule has 1 aromatic carbocycles. The van der Waals surface area contributed by atoms with Gasteiger partial charge in [-0.1, -0.05) is 0 Å². The molecular weight excluding hydrogens is 292 g/mol. The Labute approximate surface area is 125 Å². The number of hydrogen-bond acceptors (Lipinski definition) is 4. The predicted octanol–water partition coefficient (Wildman–Crippen LogP) is 0.703. The monoisotopic (exact) mass is 312 g/mol. The van der Waals surface area contributed by atoms with E-state index in [2.05, 4.69) is 5.32 Å². The summed E-state index contributed by atoms with van der Waals surface area (Å²) in [5.41, 5.74) is 0.434. The summed E-state index contributed by atoms with van der Waals surface area (Å²) in [5, 5.41) is 2.50. The highest BCUT2D eigenvalue weighted by atomic mass is 32.2. The van der Waals surface area contributed by atoms with Gasteiger partial charge in [-0.25, -0.2) is 12.7 Å². The SMILES string of the molecule is CNC(=O)c1ccc(S(=O)(=O)N(C)CC2CCOC2)cc1. The average molecular weight is 312 g/mol. The number of nitrogens with one attached hydrogen (secondary N) is 1. The molecule has 1 aliphatic heterocycles. The van der Waals surface area contributed by atoms with Gasteiger partial charge in [-0.2, -0.15) is 0 Å². The van der Waals surface area contributed by atoms with Crippen LogP contribution in [0, 0.1) is 5.92 Å². The van der Waals surface area contributed by atoms with Crippen molar-refractivity contribution < 1.29 is 17.9 Å². The van der Waals surface area contributed by atoms with Crippen molar-refractivity contribution in [2.45, 2.75) is 11.3 Å². The van der Waals surface area contributed by atoms with Crippen LogP contribution in [0.15, 0.2) is 29.2 Å². The lowest BCUT2D eigenvalue weighted by Gasteiger charge is -2.20. The number of rotatable bonds is 5. The normalized spacial score (nSPS) is 18.9. The van der Waals surface area contributed by atoms with Crippen LogP contribution >= 0.6 is 0 Å². The Morgan fingerprint density at radius 2 is 2.05 bits per heavy atom. The molecule has 0 aromatic heterocycles. The van der Waals surface area contributed by atoms with Crippen LogP contribution in [0.3, 0.4) is 0 Å². The minimum atomic E-state index is -3.53. The summed E-state index contributed by atoms with van der Waals surface area (Å²) in [4.78, 5) is 11.6. The van der Waals surface area contributed by atoms with E-state index in [4.69, 9.17) is 4.74 Å². The largest absolute Gasteiger partial charge is 0.381 e. The van der Waals surface area contributed by atoms with Gasteiger partial charge in [0.25, 0.3) is 5.91 Å². The van der Waals surface area contributed by atoms with Crippen molar-refractivity contribution in [3.05, 3.63) is 29.8 Å². The molecule has 0 spiro atoms. The molecule has 1 heterocycles. The maximum atomic E-state index is 12.5. The molecule has 1 aromatic rings. The van der Waals surface area contributed by atoms with Gasteiger partial charge in [0.15, 0.2) is 0 Å². The number of amides is 1. The number of carbonyl (C=O) groups excluding carboxylic acids is 1. The van der Waals surface area contributed by atoms with Gasteiger partial charge >= 0.3 is 0 Å². The molecule has 1 N–H and O–H groups in total. The van der Waals surface area contributed by atoms with Crippen LogP contribution in [-0.2, 0) is 14.8 Å². The van der Waals surface area contributed by atoms with E-state index in [1.807, 2.05) is 0 Å². The Kier molecular flexibility index (Phi) is 4.97. The van der Waals surface area contributed by atoms with Crippen molar-refractivity contribution in [1.82, 2.24) is 9.62 Å². The van der Waals surface area contributed by atoms with Crippen LogP contribution in [0.5, 0.6) is 0 Å². The molecule has 1 aliphatic rings. The van der Waals surface area contributed by atoms with Crippen LogP contribution in [0.25, 0.3) is 0 Å². The summed E-state index contributed by atoms with van der Waals surface area (Å²) in [6, 6.07) is 5.94. The summed E-state index contributed by atoms with van der Waals surface area (Å²) >= 11 is 0. The Morgan fingerprint density at radius 3 is 2.57 bits per heavy atom. The second-order valence-corrected chi connectivity index (χ2v) is 7.16. The molecule has 0 aliphatic carbocycles. The maximum Gasteiger partial charge on any atom is 0.251 e. The van der Waals surface area contributed by atoms with Crippen LogP contribution in [0.4, 0.5) is 0 Å². The highest BCUT2D eigenvalue weighted by Crippen LogP contribution is 2.19. The van der Waals surface area contributed by atoms with Crippen LogP contribution < -0.4 is 5.32 Å². The topological polar surface area (TPSA) is 75.7 Å². The van der Waals surface area contributed by atoms with Crippen molar-refractivity contribution >= 4 is 15.9 Å². The fourth-order valence-electron chi connectivity index (χ4n) is 2.29. The van der Waals surface area contributed by atoms with Gasteiger partial charge in [-0.3, -0.25) is 4.79 Å². The van der Waals surface area contributed by atoms with Crippen LogP contribution in [0.2, 0.25) is 0 Å². The molecule has 0 bridgehead atoms. The summed E-state index contributed by atoms with van der Waals surface area (Å²) in [6.07, 6.45) is 0.884. The van der Waals surface area contributed by atoms with Gasteiger partial charge in [0.05, 0.1) is 11.5 Å². The molecule has 1 fully saturated rings. The van der Waals surface area contributed by atoms with Gasteiger partial charge in [-0.05, 0) is 36.6 Å².